The van der Waals surface area contributed by atoms with Gasteiger partial charge in [0.2, 0.25) is 0 Å². The van der Waals surface area contributed by atoms with Gasteiger partial charge < -0.3 is 10.2 Å². The van der Waals surface area contributed by atoms with Gasteiger partial charge in [-0.3, -0.25) is 4.79 Å². The third-order valence-corrected chi connectivity index (χ3v) is 4.33. The second-order valence-corrected chi connectivity index (χ2v) is 5.98. The number of hydrogen-bond acceptors (Lipinski definition) is 4. The highest BCUT2D eigenvalue weighted by Crippen LogP contribution is 2.22. The molecule has 3 rings (SSSR count). The molecule has 1 aliphatic heterocycles. The SMILES string of the molecule is CCC(C)NC(=O)c1cc(N2CCc3ccccc3C2)ncn1. The van der Waals surface area contributed by atoms with Crippen molar-refractivity contribution in [2.45, 2.75) is 39.3 Å². The van der Waals surface area contributed by atoms with Crippen molar-refractivity contribution < 1.29 is 4.79 Å². The van der Waals surface area contributed by atoms with Gasteiger partial charge in [0.1, 0.15) is 17.8 Å². The maximum Gasteiger partial charge on any atom is 0.270 e. The zero-order chi connectivity index (χ0) is 16.2. The number of nitrogens with one attached hydrogen (secondary N) is 1. The molecule has 1 atom stereocenters. The van der Waals surface area contributed by atoms with Crippen LogP contribution in [0, 0.1) is 0 Å². The molecule has 0 bridgehead atoms. The summed E-state index contributed by atoms with van der Waals surface area (Å²) in [7, 11) is 0. The molecule has 0 spiro atoms. The minimum atomic E-state index is -0.139. The van der Waals surface area contributed by atoms with E-state index in [2.05, 4.69) is 44.5 Å². The number of fused-ring (bicyclic) bond motifs is 1. The first-order valence-corrected chi connectivity index (χ1v) is 8.12. The summed E-state index contributed by atoms with van der Waals surface area (Å²) >= 11 is 0. The lowest BCUT2D eigenvalue weighted by Gasteiger charge is -2.29. The minimum Gasteiger partial charge on any atom is -0.352 e. The molecule has 0 fully saturated rings. The van der Waals surface area contributed by atoms with Crippen LogP contribution in [0.15, 0.2) is 36.7 Å². The normalized spacial score (nSPS) is 15.0. The Balaban J connectivity index is 1.77. The minimum absolute atomic E-state index is 0.139. The second kappa shape index (κ2) is 6.77. The molecular weight excluding hydrogens is 288 g/mol. The van der Waals surface area contributed by atoms with E-state index in [-0.39, 0.29) is 11.9 Å². The van der Waals surface area contributed by atoms with Gasteiger partial charge in [0.15, 0.2) is 0 Å². The molecule has 5 nitrogen and oxygen atoms in total. The maximum absolute atomic E-state index is 12.2. The number of benzene rings is 1. The van der Waals surface area contributed by atoms with Crippen molar-refractivity contribution in [2.75, 3.05) is 11.4 Å². The standard InChI is InChI=1S/C18H22N4O/c1-3-13(2)21-18(23)16-10-17(20-12-19-16)22-9-8-14-6-4-5-7-15(14)11-22/h4-7,10,12-13H,3,8-9,11H2,1-2H3,(H,21,23). The summed E-state index contributed by atoms with van der Waals surface area (Å²) in [4.78, 5) is 22.9. The first-order valence-electron chi connectivity index (χ1n) is 8.12. The highest BCUT2D eigenvalue weighted by atomic mass is 16.1. The summed E-state index contributed by atoms with van der Waals surface area (Å²) in [5.74, 6) is 0.671. The van der Waals surface area contributed by atoms with Gasteiger partial charge in [0, 0.05) is 25.2 Å². The van der Waals surface area contributed by atoms with Crippen LogP contribution in [0.2, 0.25) is 0 Å². The van der Waals surface area contributed by atoms with Crippen LogP contribution in [0.4, 0.5) is 5.82 Å². The van der Waals surface area contributed by atoms with E-state index in [1.807, 2.05) is 13.8 Å². The van der Waals surface area contributed by atoms with Crippen LogP contribution in [0.3, 0.4) is 0 Å². The molecule has 5 heteroatoms. The first kappa shape index (κ1) is 15.5. The zero-order valence-corrected chi connectivity index (χ0v) is 13.6. The number of amides is 1. The molecule has 2 heterocycles. The van der Waals surface area contributed by atoms with Crippen molar-refractivity contribution in [3.05, 3.63) is 53.5 Å². The van der Waals surface area contributed by atoms with Crippen molar-refractivity contribution in [1.82, 2.24) is 15.3 Å². The van der Waals surface area contributed by atoms with Gasteiger partial charge in [-0.05, 0) is 30.9 Å². The van der Waals surface area contributed by atoms with E-state index in [1.165, 1.54) is 17.5 Å². The number of nitrogens with zero attached hydrogens (tertiary/aromatic N) is 3. The smallest absolute Gasteiger partial charge is 0.270 e. The number of carbonyl (C=O) groups is 1. The Morgan fingerprint density at radius 1 is 1.30 bits per heavy atom. The molecule has 1 amide bonds. The van der Waals surface area contributed by atoms with Crippen molar-refractivity contribution >= 4 is 11.7 Å². The van der Waals surface area contributed by atoms with E-state index in [9.17, 15) is 4.79 Å². The van der Waals surface area contributed by atoms with Crippen LogP contribution >= 0.6 is 0 Å². The molecule has 1 aromatic heterocycles. The Hall–Kier alpha value is -2.43. The Kier molecular flexibility index (Phi) is 4.55. The predicted molar refractivity (Wildman–Crippen MR) is 90.4 cm³/mol. The van der Waals surface area contributed by atoms with E-state index in [4.69, 9.17) is 0 Å². The maximum atomic E-state index is 12.2. The van der Waals surface area contributed by atoms with Crippen LogP contribution < -0.4 is 10.2 Å². The summed E-state index contributed by atoms with van der Waals surface area (Å²) in [6, 6.07) is 10.4. The first-order chi connectivity index (χ1) is 11.2. The number of aromatic nitrogens is 2. The molecule has 1 aliphatic rings. The Labute approximate surface area is 136 Å². The predicted octanol–water partition coefficient (Wildman–Crippen LogP) is 2.57. The van der Waals surface area contributed by atoms with Crippen LogP contribution in [0.25, 0.3) is 0 Å². The molecule has 23 heavy (non-hydrogen) atoms. The summed E-state index contributed by atoms with van der Waals surface area (Å²) in [6.07, 6.45) is 3.36. The summed E-state index contributed by atoms with van der Waals surface area (Å²) in [5, 5.41) is 2.94. The quantitative estimate of drug-likeness (QED) is 0.943. The zero-order valence-electron chi connectivity index (χ0n) is 13.6. The lowest BCUT2D eigenvalue weighted by atomic mass is 10.00. The summed E-state index contributed by atoms with van der Waals surface area (Å²) in [6.45, 7) is 5.75. The molecule has 2 aromatic rings. The molecule has 120 valence electrons. The Morgan fingerprint density at radius 3 is 2.87 bits per heavy atom. The van der Waals surface area contributed by atoms with Gasteiger partial charge in [-0.15, -0.1) is 0 Å². The van der Waals surface area contributed by atoms with E-state index in [0.29, 0.717) is 5.69 Å². The third-order valence-electron chi connectivity index (χ3n) is 4.33. The van der Waals surface area contributed by atoms with Crippen molar-refractivity contribution in [1.29, 1.82) is 0 Å². The van der Waals surface area contributed by atoms with Crippen LogP contribution in [0.5, 0.6) is 0 Å². The Bertz CT molecular complexity index is 701. The average Bonchev–Trinajstić information content (AvgIpc) is 2.61. The molecule has 1 N–H and O–H groups in total. The van der Waals surface area contributed by atoms with Crippen molar-refractivity contribution in [3.63, 3.8) is 0 Å². The topological polar surface area (TPSA) is 58.1 Å². The van der Waals surface area contributed by atoms with Crippen LogP contribution in [0.1, 0.15) is 41.9 Å². The van der Waals surface area contributed by atoms with Crippen LogP contribution in [-0.2, 0) is 13.0 Å². The Morgan fingerprint density at radius 2 is 2.09 bits per heavy atom. The molecule has 0 saturated carbocycles. The second-order valence-electron chi connectivity index (χ2n) is 5.98. The molecule has 0 aliphatic carbocycles. The summed E-state index contributed by atoms with van der Waals surface area (Å²) < 4.78 is 0. The van der Waals surface area contributed by atoms with Gasteiger partial charge in [-0.25, -0.2) is 9.97 Å². The van der Waals surface area contributed by atoms with E-state index in [1.54, 1.807) is 6.07 Å². The third kappa shape index (κ3) is 3.50. The molecule has 0 radical (unpaired) electrons. The molecular formula is C18H22N4O. The number of carbonyl (C=O) groups excluding carboxylic acids is 1. The lowest BCUT2D eigenvalue weighted by Crippen LogP contribution is -2.34. The fourth-order valence-corrected chi connectivity index (χ4v) is 2.74. The van der Waals surface area contributed by atoms with E-state index >= 15 is 0 Å². The fraction of sp³-hybridized carbons (Fsp3) is 0.389. The van der Waals surface area contributed by atoms with E-state index < -0.39 is 0 Å². The van der Waals surface area contributed by atoms with Gasteiger partial charge in [0.05, 0.1) is 0 Å². The average molecular weight is 310 g/mol. The fourth-order valence-electron chi connectivity index (χ4n) is 2.74. The van der Waals surface area contributed by atoms with Gasteiger partial charge in [-0.2, -0.15) is 0 Å². The van der Waals surface area contributed by atoms with Crippen molar-refractivity contribution in [2.24, 2.45) is 0 Å². The number of anilines is 1. The van der Waals surface area contributed by atoms with Gasteiger partial charge >= 0.3 is 0 Å². The molecule has 1 aromatic carbocycles. The number of rotatable bonds is 4. The van der Waals surface area contributed by atoms with Crippen LogP contribution in [-0.4, -0.2) is 28.5 Å². The largest absolute Gasteiger partial charge is 0.352 e. The monoisotopic (exact) mass is 310 g/mol. The van der Waals surface area contributed by atoms with Crippen molar-refractivity contribution in [3.8, 4) is 0 Å². The van der Waals surface area contributed by atoms with E-state index in [0.717, 1.165) is 31.7 Å². The highest BCUT2D eigenvalue weighted by molar-refractivity contribution is 5.93. The van der Waals surface area contributed by atoms with Gasteiger partial charge in [0.25, 0.3) is 5.91 Å². The lowest BCUT2D eigenvalue weighted by molar-refractivity contribution is 0.0934. The van der Waals surface area contributed by atoms with Gasteiger partial charge in [-0.1, -0.05) is 31.2 Å². The molecule has 0 saturated heterocycles. The molecule has 1 unspecified atom stereocenters. The number of hydrogen-bond donors (Lipinski definition) is 1. The highest BCUT2D eigenvalue weighted by Gasteiger charge is 2.19. The summed E-state index contributed by atoms with van der Waals surface area (Å²) in [5.41, 5.74) is 3.14.